The number of carboxylic acids is 1. The van der Waals surface area contributed by atoms with Gasteiger partial charge in [-0.2, -0.15) is 0 Å². The molecule has 0 spiro atoms. The number of carbonyl (C=O) groups excluding carboxylic acids is 1. The van der Waals surface area contributed by atoms with Crippen LogP contribution < -0.4 is 5.32 Å². The molecule has 21 heavy (non-hydrogen) atoms. The number of nitrogens with zero attached hydrogens (tertiary/aromatic N) is 1. The number of benzene rings is 1. The average molecular weight is 302 g/mol. The summed E-state index contributed by atoms with van der Waals surface area (Å²) >= 11 is 4.97. The maximum absolute atomic E-state index is 12.1. The lowest BCUT2D eigenvalue weighted by molar-refractivity contribution is -0.140. The monoisotopic (exact) mass is 302 g/mol. The number of hydrogen-bond donors (Lipinski definition) is 2. The number of carbonyl (C=O) groups is 2. The number of carboxylic acid groups (broad SMARTS) is 1. The van der Waals surface area contributed by atoms with Crippen LogP contribution in [0, 0.1) is 0 Å². The zero-order valence-electron chi connectivity index (χ0n) is 11.4. The largest absolute Gasteiger partial charge is 0.480 e. The van der Waals surface area contributed by atoms with Crippen molar-refractivity contribution < 1.29 is 14.7 Å². The highest BCUT2D eigenvalue weighted by atomic mass is 32.1. The number of allylic oxidation sites excluding steroid dienone is 2. The molecule has 5 nitrogen and oxygen atoms in total. The third kappa shape index (κ3) is 3.76. The quantitative estimate of drug-likeness (QED) is 0.655. The molecule has 1 aromatic rings. The van der Waals surface area contributed by atoms with Crippen LogP contribution in [0.5, 0.6) is 0 Å². The molecule has 108 valence electrons. The fourth-order valence-electron chi connectivity index (χ4n) is 1.93. The van der Waals surface area contributed by atoms with Gasteiger partial charge in [-0.3, -0.25) is 14.5 Å². The predicted octanol–water partition coefficient (Wildman–Crippen LogP) is 1.78. The minimum absolute atomic E-state index is 0.112. The molecule has 2 rings (SSSR count). The van der Waals surface area contributed by atoms with Crippen molar-refractivity contribution in [3.8, 4) is 0 Å². The Balaban J connectivity index is 2.18. The summed E-state index contributed by atoms with van der Waals surface area (Å²) in [6, 6.07) is 9.68. The molecule has 1 fully saturated rings. The Morgan fingerprint density at radius 1 is 1.38 bits per heavy atom. The Labute approximate surface area is 127 Å². The lowest BCUT2D eigenvalue weighted by atomic mass is 10.1. The number of aliphatic carboxylic acids is 1. The lowest BCUT2D eigenvalue weighted by Crippen LogP contribution is -2.35. The van der Waals surface area contributed by atoms with Crippen LogP contribution in [0.15, 0.2) is 47.7 Å². The fraction of sp³-hybridized carbons (Fsp3) is 0.133. The molecule has 0 unspecified atom stereocenters. The van der Waals surface area contributed by atoms with Crippen LogP contribution in [-0.4, -0.2) is 33.5 Å². The number of amides is 1. The molecule has 0 bridgehead atoms. The first kappa shape index (κ1) is 14.9. The highest BCUT2D eigenvalue weighted by Gasteiger charge is 2.31. The highest BCUT2D eigenvalue weighted by molar-refractivity contribution is 7.80. The molecule has 0 aliphatic carbocycles. The summed E-state index contributed by atoms with van der Waals surface area (Å²) in [5.41, 5.74) is 2.16. The van der Waals surface area contributed by atoms with E-state index >= 15 is 0 Å². The summed E-state index contributed by atoms with van der Waals surface area (Å²) in [6.07, 6.45) is 3.58. The number of nitrogens with one attached hydrogen (secondary N) is 1. The van der Waals surface area contributed by atoms with Crippen molar-refractivity contribution in [1.29, 1.82) is 0 Å². The summed E-state index contributed by atoms with van der Waals surface area (Å²) < 4.78 is 0. The van der Waals surface area contributed by atoms with Gasteiger partial charge in [0.15, 0.2) is 5.11 Å². The Kier molecular flexibility index (Phi) is 4.49. The van der Waals surface area contributed by atoms with Gasteiger partial charge in [0.1, 0.15) is 12.2 Å². The first-order valence-electron chi connectivity index (χ1n) is 6.27. The zero-order chi connectivity index (χ0) is 15.4. The first-order valence-corrected chi connectivity index (χ1v) is 6.68. The molecular formula is C15H14N2O3S. The van der Waals surface area contributed by atoms with Gasteiger partial charge in [0.25, 0.3) is 5.91 Å². The van der Waals surface area contributed by atoms with Crippen LogP contribution in [0.2, 0.25) is 0 Å². The fourth-order valence-corrected chi connectivity index (χ4v) is 2.19. The van der Waals surface area contributed by atoms with E-state index < -0.39 is 18.4 Å². The van der Waals surface area contributed by atoms with E-state index in [4.69, 9.17) is 17.3 Å². The number of hydrogen-bond acceptors (Lipinski definition) is 3. The summed E-state index contributed by atoms with van der Waals surface area (Å²) in [7, 11) is 0. The topological polar surface area (TPSA) is 69.6 Å². The molecule has 6 heteroatoms. The molecule has 0 radical (unpaired) electrons. The van der Waals surface area contributed by atoms with Crippen molar-refractivity contribution in [2.45, 2.75) is 6.92 Å². The van der Waals surface area contributed by atoms with Gasteiger partial charge in [-0.05, 0) is 36.4 Å². The number of thiocarbonyl (C=S) groups is 1. The SMILES string of the molecule is CC(/C=C1\NC(=S)N(CC(=O)O)C1=O)=C\c1ccccc1. The van der Waals surface area contributed by atoms with E-state index in [0.29, 0.717) is 0 Å². The Bertz CT molecular complexity index is 650. The van der Waals surface area contributed by atoms with E-state index in [1.54, 1.807) is 6.08 Å². The molecule has 1 aliphatic rings. The van der Waals surface area contributed by atoms with Gasteiger partial charge in [0, 0.05) is 0 Å². The van der Waals surface area contributed by atoms with E-state index in [-0.39, 0.29) is 10.8 Å². The van der Waals surface area contributed by atoms with Crippen molar-refractivity contribution in [3.63, 3.8) is 0 Å². The Hall–Kier alpha value is -2.47. The Morgan fingerprint density at radius 3 is 2.67 bits per heavy atom. The zero-order valence-corrected chi connectivity index (χ0v) is 12.2. The van der Waals surface area contributed by atoms with E-state index in [1.807, 2.05) is 43.3 Å². The third-order valence-electron chi connectivity index (χ3n) is 2.82. The first-order chi connectivity index (χ1) is 9.97. The molecule has 1 saturated heterocycles. The molecule has 0 atom stereocenters. The maximum atomic E-state index is 12.1. The second-order valence-electron chi connectivity index (χ2n) is 4.57. The second-order valence-corrected chi connectivity index (χ2v) is 4.96. The van der Waals surface area contributed by atoms with Crippen molar-refractivity contribution >= 4 is 35.3 Å². The Morgan fingerprint density at radius 2 is 2.05 bits per heavy atom. The van der Waals surface area contributed by atoms with Gasteiger partial charge in [0.05, 0.1) is 0 Å². The van der Waals surface area contributed by atoms with E-state index in [0.717, 1.165) is 16.0 Å². The minimum Gasteiger partial charge on any atom is -0.480 e. The van der Waals surface area contributed by atoms with Crippen LogP contribution in [0.3, 0.4) is 0 Å². The van der Waals surface area contributed by atoms with Crippen molar-refractivity contribution in [2.75, 3.05) is 6.54 Å². The molecular weight excluding hydrogens is 288 g/mol. The smallest absolute Gasteiger partial charge is 0.323 e. The summed E-state index contributed by atoms with van der Waals surface area (Å²) in [5.74, 6) is -1.53. The van der Waals surface area contributed by atoms with Crippen LogP contribution in [0.25, 0.3) is 6.08 Å². The van der Waals surface area contributed by atoms with Gasteiger partial charge in [-0.25, -0.2) is 0 Å². The summed E-state index contributed by atoms with van der Waals surface area (Å²) in [6.45, 7) is 1.42. The van der Waals surface area contributed by atoms with E-state index in [2.05, 4.69) is 5.32 Å². The standard InChI is InChI=1S/C15H14N2O3S/c1-10(7-11-5-3-2-4-6-11)8-12-14(20)17(9-13(18)19)15(21)16-12/h2-8H,9H2,1H3,(H,16,21)(H,18,19)/b10-7+,12-8-. The van der Waals surface area contributed by atoms with Gasteiger partial charge < -0.3 is 10.4 Å². The molecule has 0 aromatic heterocycles. The third-order valence-corrected chi connectivity index (χ3v) is 3.14. The molecule has 1 amide bonds. The van der Waals surface area contributed by atoms with Gasteiger partial charge >= 0.3 is 5.97 Å². The van der Waals surface area contributed by atoms with Crippen molar-refractivity contribution in [1.82, 2.24) is 10.2 Å². The normalized spacial score (nSPS) is 17.3. The number of rotatable bonds is 4. The van der Waals surface area contributed by atoms with Gasteiger partial charge in [0.2, 0.25) is 0 Å². The minimum atomic E-state index is -1.11. The van der Waals surface area contributed by atoms with Crippen molar-refractivity contribution in [2.24, 2.45) is 0 Å². The van der Waals surface area contributed by atoms with Gasteiger partial charge in [-0.15, -0.1) is 0 Å². The lowest BCUT2D eigenvalue weighted by Gasteiger charge is -2.09. The molecule has 2 N–H and O–H groups in total. The van der Waals surface area contributed by atoms with E-state index in [9.17, 15) is 9.59 Å². The van der Waals surface area contributed by atoms with Crippen LogP contribution in [0.1, 0.15) is 12.5 Å². The van der Waals surface area contributed by atoms with Crippen LogP contribution in [-0.2, 0) is 9.59 Å². The van der Waals surface area contributed by atoms with Crippen LogP contribution in [0.4, 0.5) is 0 Å². The van der Waals surface area contributed by atoms with Gasteiger partial charge in [-0.1, -0.05) is 36.4 Å². The molecule has 0 saturated carbocycles. The molecule has 1 heterocycles. The molecule has 1 aromatic carbocycles. The highest BCUT2D eigenvalue weighted by Crippen LogP contribution is 2.14. The van der Waals surface area contributed by atoms with E-state index in [1.165, 1.54) is 0 Å². The predicted molar refractivity (Wildman–Crippen MR) is 83.3 cm³/mol. The van der Waals surface area contributed by atoms with Crippen molar-refractivity contribution in [3.05, 3.63) is 53.2 Å². The summed E-state index contributed by atoms with van der Waals surface area (Å²) in [5, 5.41) is 11.6. The average Bonchev–Trinajstić information content (AvgIpc) is 2.67. The maximum Gasteiger partial charge on any atom is 0.323 e. The second kappa shape index (κ2) is 6.32. The summed E-state index contributed by atoms with van der Waals surface area (Å²) in [4.78, 5) is 23.8. The van der Waals surface area contributed by atoms with Crippen LogP contribution >= 0.6 is 12.2 Å². The molecule has 1 aliphatic heterocycles.